The molecule has 0 radical (unpaired) electrons. The average Bonchev–Trinajstić information content (AvgIpc) is 2.83. The van der Waals surface area contributed by atoms with Crippen molar-refractivity contribution in [2.75, 3.05) is 11.9 Å². The van der Waals surface area contributed by atoms with Crippen LogP contribution in [-0.4, -0.2) is 12.5 Å². The van der Waals surface area contributed by atoms with Crippen molar-refractivity contribution in [3.05, 3.63) is 64.5 Å². The molecular weight excluding hydrogens is 291 g/mol. The standard InChI is InChI=1S/C19H19FN2O/c1-2-11-3-5-12(6-4-11)18-14-7-8-21-19(23)15-9-13(20)10-16(22-18)17(14)15/h3-6,9-10,14,18,22H,2,7-8H2,1H3,(H,21,23). The van der Waals surface area contributed by atoms with E-state index in [2.05, 4.69) is 41.8 Å². The number of rotatable bonds is 2. The Morgan fingerprint density at radius 2 is 2.00 bits per heavy atom. The maximum Gasteiger partial charge on any atom is 0.251 e. The number of aryl methyl sites for hydroxylation is 1. The van der Waals surface area contributed by atoms with Crippen molar-refractivity contribution in [1.82, 2.24) is 5.32 Å². The Morgan fingerprint density at radius 1 is 1.22 bits per heavy atom. The first-order valence-electron chi connectivity index (χ1n) is 8.14. The lowest BCUT2D eigenvalue weighted by Crippen LogP contribution is -2.23. The van der Waals surface area contributed by atoms with Gasteiger partial charge in [0.1, 0.15) is 5.82 Å². The Labute approximate surface area is 134 Å². The lowest BCUT2D eigenvalue weighted by Gasteiger charge is -2.20. The van der Waals surface area contributed by atoms with Gasteiger partial charge in [0.2, 0.25) is 0 Å². The van der Waals surface area contributed by atoms with Gasteiger partial charge >= 0.3 is 0 Å². The van der Waals surface area contributed by atoms with Gasteiger partial charge in [0.15, 0.2) is 0 Å². The summed E-state index contributed by atoms with van der Waals surface area (Å²) in [6.45, 7) is 2.75. The van der Waals surface area contributed by atoms with Gasteiger partial charge in [0, 0.05) is 23.7 Å². The number of carbonyl (C=O) groups is 1. The molecule has 2 atom stereocenters. The largest absolute Gasteiger partial charge is 0.377 e. The Kier molecular flexibility index (Phi) is 3.33. The first-order chi connectivity index (χ1) is 11.2. The molecule has 118 valence electrons. The Morgan fingerprint density at radius 3 is 2.74 bits per heavy atom. The number of nitrogens with one attached hydrogen (secondary N) is 2. The molecular formula is C19H19FN2O. The predicted molar refractivity (Wildman–Crippen MR) is 88.3 cm³/mol. The third-order valence-corrected chi connectivity index (χ3v) is 4.96. The molecule has 0 bridgehead atoms. The van der Waals surface area contributed by atoms with Crippen LogP contribution in [0.25, 0.3) is 0 Å². The van der Waals surface area contributed by atoms with E-state index in [1.165, 1.54) is 23.3 Å². The molecule has 2 aromatic rings. The molecule has 0 spiro atoms. The summed E-state index contributed by atoms with van der Waals surface area (Å²) in [5.74, 6) is -0.358. The third-order valence-electron chi connectivity index (χ3n) is 4.96. The normalized spacial score (nSPS) is 22.1. The fourth-order valence-electron chi connectivity index (χ4n) is 3.78. The molecule has 0 fully saturated rings. The SMILES string of the molecule is CCc1ccc(C2Nc3cc(F)cc4c3C2CCNC4=O)cc1. The number of amides is 1. The van der Waals surface area contributed by atoms with E-state index in [1.54, 1.807) is 0 Å². The summed E-state index contributed by atoms with van der Waals surface area (Å²) >= 11 is 0. The highest BCUT2D eigenvalue weighted by atomic mass is 19.1. The molecule has 2 aliphatic rings. The van der Waals surface area contributed by atoms with Gasteiger partial charge in [0.05, 0.1) is 6.04 Å². The van der Waals surface area contributed by atoms with Gasteiger partial charge in [-0.15, -0.1) is 0 Å². The zero-order valence-electron chi connectivity index (χ0n) is 13.0. The van der Waals surface area contributed by atoms with Crippen LogP contribution in [0, 0.1) is 5.82 Å². The van der Waals surface area contributed by atoms with Crippen LogP contribution >= 0.6 is 0 Å². The predicted octanol–water partition coefficient (Wildman–Crippen LogP) is 3.77. The summed E-state index contributed by atoms with van der Waals surface area (Å²) in [4.78, 5) is 12.2. The summed E-state index contributed by atoms with van der Waals surface area (Å²) in [6, 6.07) is 11.5. The molecule has 0 saturated heterocycles. The molecule has 4 rings (SSSR count). The quantitative estimate of drug-likeness (QED) is 0.886. The second kappa shape index (κ2) is 5.37. The van der Waals surface area contributed by atoms with Crippen LogP contribution < -0.4 is 10.6 Å². The number of hydrogen-bond donors (Lipinski definition) is 2. The smallest absolute Gasteiger partial charge is 0.251 e. The van der Waals surface area contributed by atoms with E-state index in [9.17, 15) is 9.18 Å². The van der Waals surface area contributed by atoms with Crippen molar-refractivity contribution in [1.29, 1.82) is 0 Å². The topological polar surface area (TPSA) is 41.1 Å². The number of anilines is 1. The van der Waals surface area contributed by atoms with Crippen LogP contribution in [0.2, 0.25) is 0 Å². The van der Waals surface area contributed by atoms with Crippen LogP contribution in [0.4, 0.5) is 10.1 Å². The number of halogens is 1. The van der Waals surface area contributed by atoms with Gasteiger partial charge in [-0.25, -0.2) is 4.39 Å². The summed E-state index contributed by atoms with van der Waals surface area (Å²) in [7, 11) is 0. The molecule has 0 aromatic heterocycles. The van der Waals surface area contributed by atoms with Gasteiger partial charge in [-0.3, -0.25) is 4.79 Å². The van der Waals surface area contributed by atoms with Crippen LogP contribution in [0.5, 0.6) is 0 Å². The molecule has 0 aliphatic carbocycles. The molecule has 2 aromatic carbocycles. The number of hydrogen-bond acceptors (Lipinski definition) is 2. The van der Waals surface area contributed by atoms with Crippen LogP contribution in [0.15, 0.2) is 36.4 Å². The van der Waals surface area contributed by atoms with E-state index in [1.807, 2.05) is 0 Å². The zero-order chi connectivity index (χ0) is 16.0. The molecule has 2 N–H and O–H groups in total. The molecule has 2 unspecified atom stereocenters. The van der Waals surface area contributed by atoms with E-state index >= 15 is 0 Å². The van der Waals surface area contributed by atoms with E-state index in [0.717, 1.165) is 24.1 Å². The van der Waals surface area contributed by atoms with E-state index in [0.29, 0.717) is 12.1 Å². The highest BCUT2D eigenvalue weighted by molar-refractivity contribution is 5.98. The minimum Gasteiger partial charge on any atom is -0.377 e. The molecule has 2 aliphatic heterocycles. The maximum atomic E-state index is 13.9. The molecule has 3 nitrogen and oxygen atoms in total. The fraction of sp³-hybridized carbons (Fsp3) is 0.316. The lowest BCUT2D eigenvalue weighted by molar-refractivity contribution is 0.0955. The first kappa shape index (κ1) is 14.2. The monoisotopic (exact) mass is 310 g/mol. The molecule has 1 amide bonds. The second-order valence-electron chi connectivity index (χ2n) is 6.28. The minimum atomic E-state index is -0.371. The summed E-state index contributed by atoms with van der Waals surface area (Å²) < 4.78 is 13.9. The number of benzene rings is 2. The summed E-state index contributed by atoms with van der Waals surface area (Å²) in [5, 5.41) is 6.32. The maximum absolute atomic E-state index is 13.9. The lowest BCUT2D eigenvalue weighted by atomic mass is 9.86. The molecule has 4 heteroatoms. The highest BCUT2D eigenvalue weighted by Gasteiger charge is 2.38. The minimum absolute atomic E-state index is 0.0872. The molecule has 23 heavy (non-hydrogen) atoms. The van der Waals surface area contributed by atoms with Crippen LogP contribution in [0.3, 0.4) is 0 Å². The fourth-order valence-corrected chi connectivity index (χ4v) is 3.78. The average molecular weight is 310 g/mol. The first-order valence-corrected chi connectivity index (χ1v) is 8.14. The molecule has 0 saturated carbocycles. The van der Waals surface area contributed by atoms with Crippen LogP contribution in [0.1, 0.15) is 52.4 Å². The van der Waals surface area contributed by atoms with Gasteiger partial charge in [-0.1, -0.05) is 31.2 Å². The second-order valence-corrected chi connectivity index (χ2v) is 6.28. The van der Waals surface area contributed by atoms with Crippen molar-refractivity contribution in [3.63, 3.8) is 0 Å². The van der Waals surface area contributed by atoms with Gasteiger partial charge < -0.3 is 10.6 Å². The van der Waals surface area contributed by atoms with E-state index < -0.39 is 0 Å². The van der Waals surface area contributed by atoms with Gasteiger partial charge in [-0.2, -0.15) is 0 Å². The summed E-state index contributed by atoms with van der Waals surface area (Å²) in [5.41, 5.74) is 4.68. The molecule has 2 heterocycles. The third kappa shape index (κ3) is 2.29. The van der Waals surface area contributed by atoms with Crippen molar-refractivity contribution in [2.45, 2.75) is 31.7 Å². The van der Waals surface area contributed by atoms with E-state index in [4.69, 9.17) is 0 Å². The zero-order valence-corrected chi connectivity index (χ0v) is 13.0. The highest BCUT2D eigenvalue weighted by Crippen LogP contribution is 2.48. The van der Waals surface area contributed by atoms with Crippen LogP contribution in [-0.2, 0) is 6.42 Å². The van der Waals surface area contributed by atoms with Crippen molar-refractivity contribution in [2.24, 2.45) is 0 Å². The Hall–Kier alpha value is -2.36. The van der Waals surface area contributed by atoms with Crippen molar-refractivity contribution >= 4 is 11.6 Å². The van der Waals surface area contributed by atoms with E-state index in [-0.39, 0.29) is 23.7 Å². The van der Waals surface area contributed by atoms with Crippen molar-refractivity contribution < 1.29 is 9.18 Å². The van der Waals surface area contributed by atoms with Gasteiger partial charge in [-0.05, 0) is 41.7 Å². The Balaban J connectivity index is 1.79. The summed E-state index contributed by atoms with van der Waals surface area (Å²) in [6.07, 6.45) is 1.86. The van der Waals surface area contributed by atoms with Crippen molar-refractivity contribution in [3.8, 4) is 0 Å². The Bertz CT molecular complexity index is 770. The van der Waals surface area contributed by atoms with Gasteiger partial charge in [0.25, 0.3) is 5.91 Å². The number of carbonyl (C=O) groups excluding carboxylic acids is 1.